The molecule has 20 heavy (non-hydrogen) atoms. The van der Waals surface area contributed by atoms with Crippen molar-refractivity contribution in [2.24, 2.45) is 11.1 Å². The van der Waals surface area contributed by atoms with Crippen LogP contribution >= 0.6 is 0 Å². The molecule has 0 saturated heterocycles. The molecule has 0 aromatic heterocycles. The van der Waals surface area contributed by atoms with Crippen molar-refractivity contribution in [3.63, 3.8) is 0 Å². The average Bonchev–Trinajstić information content (AvgIpc) is 2.43. The van der Waals surface area contributed by atoms with E-state index < -0.39 is 16.6 Å². The fourth-order valence-corrected chi connectivity index (χ4v) is 2.72. The molecule has 0 radical (unpaired) electrons. The maximum Gasteiger partial charge on any atom is 0.240 e. The van der Waals surface area contributed by atoms with Gasteiger partial charge in [0.1, 0.15) is 5.54 Å². The Morgan fingerprint density at radius 1 is 1.40 bits per heavy atom. The molecule has 2 atom stereocenters. The monoisotopic (exact) mass is 286 g/mol. The second-order valence-corrected chi connectivity index (χ2v) is 6.46. The van der Waals surface area contributed by atoms with E-state index in [1.54, 1.807) is 0 Å². The van der Waals surface area contributed by atoms with Crippen molar-refractivity contribution >= 4 is 5.91 Å². The fraction of sp³-hybridized carbons (Fsp3) is 0.933. The zero-order chi connectivity index (χ0) is 15.6. The molecule has 1 amide bonds. The largest absolute Gasteiger partial charge is 0.388 e. The molecule has 1 aliphatic carbocycles. The lowest BCUT2D eigenvalue weighted by Gasteiger charge is -2.57. The van der Waals surface area contributed by atoms with Gasteiger partial charge in [0, 0.05) is 25.0 Å². The van der Waals surface area contributed by atoms with Crippen molar-refractivity contribution in [3.8, 4) is 0 Å². The van der Waals surface area contributed by atoms with E-state index in [0.29, 0.717) is 25.9 Å². The summed E-state index contributed by atoms with van der Waals surface area (Å²) in [5, 5.41) is 13.0. The molecule has 1 fully saturated rings. The lowest BCUT2D eigenvalue weighted by atomic mass is 9.54. The first-order valence-corrected chi connectivity index (χ1v) is 7.58. The molecule has 0 bridgehead atoms. The predicted octanol–water partition coefficient (Wildman–Crippen LogP) is 1.19. The summed E-state index contributed by atoms with van der Waals surface area (Å²) in [4.78, 5) is 12.4. The highest BCUT2D eigenvalue weighted by Crippen LogP contribution is 2.49. The molecule has 0 heterocycles. The van der Waals surface area contributed by atoms with Crippen molar-refractivity contribution in [1.82, 2.24) is 5.32 Å². The molecule has 4 N–H and O–H groups in total. The quantitative estimate of drug-likeness (QED) is 0.656. The van der Waals surface area contributed by atoms with E-state index in [1.807, 2.05) is 34.6 Å². The standard InChI is InChI=1S/C15H30N2O3/c1-6-14(19,7-2)10-17-12(18)15(16)9-11(20-8-3)13(15,4)5/h11,19H,6-10,16H2,1-5H3,(H,17,18). The minimum Gasteiger partial charge on any atom is -0.388 e. The van der Waals surface area contributed by atoms with Gasteiger partial charge in [0.05, 0.1) is 11.7 Å². The highest BCUT2D eigenvalue weighted by Gasteiger charge is 2.62. The van der Waals surface area contributed by atoms with Gasteiger partial charge >= 0.3 is 0 Å². The topological polar surface area (TPSA) is 84.6 Å². The summed E-state index contributed by atoms with van der Waals surface area (Å²) in [6.07, 6.45) is 1.74. The number of carbonyl (C=O) groups excluding carboxylic acids is 1. The highest BCUT2D eigenvalue weighted by molar-refractivity contribution is 5.88. The number of aliphatic hydroxyl groups is 1. The predicted molar refractivity (Wildman–Crippen MR) is 79.3 cm³/mol. The Hall–Kier alpha value is -0.650. The van der Waals surface area contributed by atoms with Crippen LogP contribution in [-0.4, -0.2) is 41.4 Å². The third-order valence-corrected chi connectivity index (χ3v) is 5.13. The van der Waals surface area contributed by atoms with Crippen LogP contribution in [-0.2, 0) is 9.53 Å². The maximum absolute atomic E-state index is 12.4. The Bertz CT molecular complexity index is 353. The molecule has 118 valence electrons. The molecule has 1 saturated carbocycles. The molecule has 0 aromatic rings. The maximum atomic E-state index is 12.4. The van der Waals surface area contributed by atoms with Crippen molar-refractivity contribution in [3.05, 3.63) is 0 Å². The smallest absolute Gasteiger partial charge is 0.240 e. The first-order chi connectivity index (χ1) is 9.16. The molecule has 0 aliphatic heterocycles. The van der Waals surface area contributed by atoms with Gasteiger partial charge in [-0.05, 0) is 19.8 Å². The van der Waals surface area contributed by atoms with Crippen molar-refractivity contribution in [2.45, 2.75) is 71.1 Å². The second kappa shape index (κ2) is 6.00. The van der Waals surface area contributed by atoms with Crippen LogP contribution in [0.2, 0.25) is 0 Å². The van der Waals surface area contributed by atoms with Crippen molar-refractivity contribution in [1.29, 1.82) is 0 Å². The number of hydrogen-bond donors (Lipinski definition) is 3. The second-order valence-electron chi connectivity index (χ2n) is 6.46. The van der Waals surface area contributed by atoms with E-state index in [4.69, 9.17) is 10.5 Å². The zero-order valence-electron chi connectivity index (χ0n) is 13.5. The van der Waals surface area contributed by atoms with Crippen molar-refractivity contribution in [2.75, 3.05) is 13.2 Å². The summed E-state index contributed by atoms with van der Waals surface area (Å²) < 4.78 is 5.62. The fourth-order valence-electron chi connectivity index (χ4n) is 2.72. The molecule has 1 aliphatic rings. The Balaban J connectivity index is 2.65. The van der Waals surface area contributed by atoms with E-state index in [9.17, 15) is 9.90 Å². The number of nitrogens with one attached hydrogen (secondary N) is 1. The number of nitrogens with two attached hydrogens (primary N) is 1. The van der Waals surface area contributed by atoms with Crippen LogP contribution in [0.25, 0.3) is 0 Å². The highest BCUT2D eigenvalue weighted by atomic mass is 16.5. The van der Waals surface area contributed by atoms with Gasteiger partial charge in [-0.2, -0.15) is 0 Å². The average molecular weight is 286 g/mol. The Morgan fingerprint density at radius 3 is 2.35 bits per heavy atom. The molecule has 5 heteroatoms. The lowest BCUT2D eigenvalue weighted by Crippen LogP contribution is -2.76. The van der Waals surface area contributed by atoms with E-state index >= 15 is 0 Å². The van der Waals surface area contributed by atoms with Crippen LogP contribution in [0, 0.1) is 5.41 Å². The summed E-state index contributed by atoms with van der Waals surface area (Å²) in [7, 11) is 0. The molecular formula is C15H30N2O3. The van der Waals surface area contributed by atoms with Crippen LogP contribution in [0.3, 0.4) is 0 Å². The zero-order valence-corrected chi connectivity index (χ0v) is 13.5. The number of rotatable bonds is 7. The summed E-state index contributed by atoms with van der Waals surface area (Å²) >= 11 is 0. The first kappa shape index (κ1) is 17.4. The van der Waals surface area contributed by atoms with Gasteiger partial charge < -0.3 is 20.9 Å². The van der Waals surface area contributed by atoms with Gasteiger partial charge in [-0.1, -0.05) is 27.7 Å². The number of hydrogen-bond acceptors (Lipinski definition) is 4. The van der Waals surface area contributed by atoms with Crippen LogP contribution in [0.5, 0.6) is 0 Å². The molecule has 1 rings (SSSR count). The van der Waals surface area contributed by atoms with E-state index in [2.05, 4.69) is 5.32 Å². The minimum atomic E-state index is -0.921. The van der Waals surface area contributed by atoms with Gasteiger partial charge in [-0.15, -0.1) is 0 Å². The molecule has 2 unspecified atom stereocenters. The van der Waals surface area contributed by atoms with Gasteiger partial charge in [-0.3, -0.25) is 4.79 Å². The summed E-state index contributed by atoms with van der Waals surface area (Å²) in [5.41, 5.74) is 4.11. The van der Waals surface area contributed by atoms with Crippen LogP contribution in [0.4, 0.5) is 0 Å². The van der Waals surface area contributed by atoms with E-state index in [0.717, 1.165) is 0 Å². The summed E-state index contributed by atoms with van der Waals surface area (Å²) in [6.45, 7) is 10.5. The Kier molecular flexibility index (Phi) is 5.22. The van der Waals surface area contributed by atoms with Gasteiger partial charge in [0.2, 0.25) is 5.91 Å². The normalized spacial score (nSPS) is 28.9. The van der Waals surface area contributed by atoms with E-state index in [-0.39, 0.29) is 18.6 Å². The molecule has 5 nitrogen and oxygen atoms in total. The first-order valence-electron chi connectivity index (χ1n) is 7.58. The SMILES string of the molecule is CCOC1CC(N)(C(=O)NCC(O)(CC)CC)C1(C)C. The minimum absolute atomic E-state index is 0.0134. The van der Waals surface area contributed by atoms with Crippen LogP contribution in [0.15, 0.2) is 0 Å². The Labute approximate surface area is 122 Å². The molecule has 0 spiro atoms. The summed E-state index contributed by atoms with van der Waals surface area (Å²) in [6, 6.07) is 0. The third kappa shape index (κ3) is 2.85. The van der Waals surface area contributed by atoms with Gasteiger partial charge in [-0.25, -0.2) is 0 Å². The van der Waals surface area contributed by atoms with Crippen LogP contribution in [0.1, 0.15) is 53.9 Å². The van der Waals surface area contributed by atoms with Gasteiger partial charge in [0.25, 0.3) is 0 Å². The van der Waals surface area contributed by atoms with Gasteiger partial charge in [0.15, 0.2) is 0 Å². The number of ether oxygens (including phenoxy) is 1. The lowest BCUT2D eigenvalue weighted by molar-refractivity contribution is -0.171. The molecule has 0 aromatic carbocycles. The Morgan fingerprint density at radius 2 is 1.95 bits per heavy atom. The number of amides is 1. The number of carbonyl (C=O) groups is 1. The summed E-state index contributed by atoms with van der Waals surface area (Å²) in [5.74, 6) is -0.196. The third-order valence-electron chi connectivity index (χ3n) is 5.13. The van der Waals surface area contributed by atoms with Crippen LogP contribution < -0.4 is 11.1 Å². The molecular weight excluding hydrogens is 256 g/mol. The van der Waals surface area contributed by atoms with Crippen molar-refractivity contribution < 1.29 is 14.6 Å². The van der Waals surface area contributed by atoms with E-state index in [1.165, 1.54) is 0 Å².